The van der Waals surface area contributed by atoms with Crippen LogP contribution in [-0.4, -0.2) is 45.9 Å². The number of halogens is 2. The van der Waals surface area contributed by atoms with Gasteiger partial charge in [0.25, 0.3) is 10.9 Å². The van der Waals surface area contributed by atoms with Crippen molar-refractivity contribution in [2.75, 3.05) is 35.3 Å². The van der Waals surface area contributed by atoms with Crippen LogP contribution in [0, 0.1) is 11.6 Å². The largest absolute Gasteiger partial charge is 0.391 e. The van der Waals surface area contributed by atoms with Crippen LogP contribution in [0.15, 0.2) is 46.2 Å². The fraction of sp³-hybridized carbons (Fsp3) is 0.273. The van der Waals surface area contributed by atoms with Crippen LogP contribution in [-0.2, 0) is 6.54 Å². The normalized spacial score (nSPS) is 16.1. The maximum Gasteiger partial charge on any atom is 0.253 e. The second-order valence-corrected chi connectivity index (χ2v) is 8.10. The zero-order valence-corrected chi connectivity index (χ0v) is 17.6. The fourth-order valence-electron chi connectivity index (χ4n) is 4.04. The van der Waals surface area contributed by atoms with E-state index in [-0.39, 0.29) is 30.0 Å². The van der Waals surface area contributed by atoms with Crippen molar-refractivity contribution in [3.05, 3.63) is 74.3 Å². The molecule has 0 spiro atoms. The first-order valence-corrected chi connectivity index (χ1v) is 10.3. The van der Waals surface area contributed by atoms with Crippen molar-refractivity contribution in [2.24, 2.45) is 0 Å². The molecule has 4 aromatic rings. The lowest BCUT2D eigenvalue weighted by atomic mass is 10.1. The topological polar surface area (TPSA) is 103 Å². The molecule has 3 heterocycles. The Hall–Kier alpha value is -3.86. The number of aliphatic hydroxyl groups is 1. The van der Waals surface area contributed by atoms with Crippen molar-refractivity contribution >= 4 is 28.5 Å². The molecule has 9 nitrogen and oxygen atoms in total. The molecular weight excluding hydrogens is 434 g/mol. The SMILES string of the molecule is CN(Cc1cc(F)ccc1F)c1ccn2ncc(Nc3c(N4CC[C@H](O)C4)c(=O)c3=O)c2n1. The molecule has 0 aliphatic carbocycles. The molecule has 2 aromatic heterocycles. The average molecular weight is 454 g/mol. The van der Waals surface area contributed by atoms with Crippen molar-refractivity contribution in [1.29, 1.82) is 0 Å². The molecule has 0 amide bonds. The first kappa shape index (κ1) is 21.0. The van der Waals surface area contributed by atoms with Crippen LogP contribution < -0.4 is 26.0 Å². The number of aromatic nitrogens is 3. The third kappa shape index (κ3) is 3.69. The lowest BCUT2D eigenvalue weighted by molar-refractivity contribution is 0.198. The van der Waals surface area contributed by atoms with Crippen molar-refractivity contribution in [3.8, 4) is 0 Å². The third-order valence-electron chi connectivity index (χ3n) is 5.79. The molecule has 2 N–H and O–H groups in total. The number of hydrogen-bond donors (Lipinski definition) is 2. The maximum absolute atomic E-state index is 14.0. The molecule has 170 valence electrons. The summed E-state index contributed by atoms with van der Waals surface area (Å²) < 4.78 is 29.0. The zero-order valence-electron chi connectivity index (χ0n) is 17.6. The van der Waals surface area contributed by atoms with E-state index in [1.807, 2.05) is 0 Å². The number of β-amino-alcohol motifs (C(OH)–C–C–N with tert-alkyl or cyclic N) is 1. The summed E-state index contributed by atoms with van der Waals surface area (Å²) in [5, 5.41) is 16.9. The van der Waals surface area contributed by atoms with Gasteiger partial charge >= 0.3 is 0 Å². The van der Waals surface area contributed by atoms with Gasteiger partial charge in [-0.25, -0.2) is 18.3 Å². The molecular formula is C22H20F2N6O3. The van der Waals surface area contributed by atoms with Gasteiger partial charge in [-0.05, 0) is 30.7 Å². The van der Waals surface area contributed by atoms with Gasteiger partial charge in [0.1, 0.15) is 34.5 Å². The minimum Gasteiger partial charge on any atom is -0.391 e. The lowest BCUT2D eigenvalue weighted by Crippen LogP contribution is -2.41. The third-order valence-corrected chi connectivity index (χ3v) is 5.79. The summed E-state index contributed by atoms with van der Waals surface area (Å²) in [6.45, 7) is 0.862. The van der Waals surface area contributed by atoms with Crippen molar-refractivity contribution in [2.45, 2.75) is 19.1 Å². The summed E-state index contributed by atoms with van der Waals surface area (Å²) in [5.41, 5.74) is 0.160. The van der Waals surface area contributed by atoms with E-state index in [9.17, 15) is 23.5 Å². The zero-order chi connectivity index (χ0) is 23.3. The first-order valence-electron chi connectivity index (χ1n) is 10.3. The molecule has 1 fully saturated rings. The maximum atomic E-state index is 14.0. The predicted molar refractivity (Wildman–Crippen MR) is 119 cm³/mol. The summed E-state index contributed by atoms with van der Waals surface area (Å²) in [6.07, 6.45) is 3.12. The monoisotopic (exact) mass is 454 g/mol. The second-order valence-electron chi connectivity index (χ2n) is 8.10. The number of fused-ring (bicyclic) bond motifs is 1. The van der Waals surface area contributed by atoms with Gasteiger partial charge in [-0.15, -0.1) is 0 Å². The molecule has 2 aromatic carbocycles. The van der Waals surface area contributed by atoms with Gasteiger partial charge in [0, 0.05) is 38.4 Å². The van der Waals surface area contributed by atoms with Gasteiger partial charge < -0.3 is 20.2 Å². The summed E-state index contributed by atoms with van der Waals surface area (Å²) in [5.74, 6) is -0.571. The molecule has 1 atom stereocenters. The molecule has 5 rings (SSSR count). The number of nitrogens with one attached hydrogen (secondary N) is 1. The Balaban J connectivity index is 1.43. The van der Waals surface area contributed by atoms with Crippen molar-refractivity contribution in [3.63, 3.8) is 0 Å². The standard InChI is InChI=1S/C22H20F2N6O3/c1-28(10-12-8-13(23)2-3-15(12)24)17-5-7-30-22(27-17)16(9-25-30)26-18-19(21(33)20(18)32)29-6-4-14(31)11-29/h2-3,5,7-9,14,26,31H,4,6,10-11H2,1H3/t14-/m0/s1. The van der Waals surface area contributed by atoms with E-state index in [1.165, 1.54) is 10.7 Å². The smallest absolute Gasteiger partial charge is 0.253 e. The van der Waals surface area contributed by atoms with E-state index in [0.29, 0.717) is 30.1 Å². The average Bonchev–Trinajstić information content (AvgIpc) is 3.41. The Morgan fingerprint density at radius 3 is 2.82 bits per heavy atom. The molecule has 0 bridgehead atoms. The Labute approximate surface area is 186 Å². The van der Waals surface area contributed by atoms with Gasteiger partial charge in [-0.3, -0.25) is 9.59 Å². The Morgan fingerprint density at radius 2 is 2.06 bits per heavy atom. The fourth-order valence-corrected chi connectivity index (χ4v) is 4.04. The quantitative estimate of drug-likeness (QED) is 0.423. The van der Waals surface area contributed by atoms with Gasteiger partial charge in [0.2, 0.25) is 0 Å². The second kappa shape index (κ2) is 7.93. The highest BCUT2D eigenvalue weighted by molar-refractivity contribution is 5.84. The van der Waals surface area contributed by atoms with Gasteiger partial charge in [-0.2, -0.15) is 5.10 Å². The minimum absolute atomic E-state index is 0.0865. The number of hydrogen-bond acceptors (Lipinski definition) is 8. The van der Waals surface area contributed by atoms with Gasteiger partial charge in [-0.1, -0.05) is 0 Å². The molecule has 11 heteroatoms. The highest BCUT2D eigenvalue weighted by Crippen LogP contribution is 2.29. The van der Waals surface area contributed by atoms with Crippen LogP contribution in [0.4, 0.5) is 31.7 Å². The van der Waals surface area contributed by atoms with Crippen molar-refractivity contribution in [1.82, 2.24) is 14.6 Å². The highest BCUT2D eigenvalue weighted by atomic mass is 19.1. The van der Waals surface area contributed by atoms with E-state index >= 15 is 0 Å². The molecule has 0 radical (unpaired) electrons. The molecule has 1 aliphatic rings. The molecule has 0 saturated carbocycles. The number of nitrogens with zero attached hydrogens (tertiary/aromatic N) is 5. The van der Waals surface area contributed by atoms with Crippen LogP contribution in [0.25, 0.3) is 5.65 Å². The van der Waals surface area contributed by atoms with E-state index in [0.717, 1.165) is 18.2 Å². The summed E-state index contributed by atoms with van der Waals surface area (Å²) in [7, 11) is 1.69. The Bertz CT molecular complexity index is 1430. The van der Waals surface area contributed by atoms with E-state index < -0.39 is 28.6 Å². The van der Waals surface area contributed by atoms with Crippen molar-refractivity contribution < 1.29 is 13.9 Å². The molecule has 0 unspecified atom stereocenters. The van der Waals surface area contributed by atoms with Crippen LogP contribution >= 0.6 is 0 Å². The van der Waals surface area contributed by atoms with Crippen LogP contribution in [0.1, 0.15) is 12.0 Å². The lowest BCUT2D eigenvalue weighted by Gasteiger charge is -2.22. The summed E-state index contributed by atoms with van der Waals surface area (Å²) >= 11 is 0. The van der Waals surface area contributed by atoms with E-state index in [1.54, 1.807) is 29.1 Å². The van der Waals surface area contributed by atoms with Crippen LogP contribution in [0.2, 0.25) is 0 Å². The highest BCUT2D eigenvalue weighted by Gasteiger charge is 2.31. The van der Waals surface area contributed by atoms with Gasteiger partial charge in [0.15, 0.2) is 5.65 Å². The Morgan fingerprint density at radius 1 is 1.24 bits per heavy atom. The summed E-state index contributed by atoms with van der Waals surface area (Å²) in [6, 6.07) is 4.95. The van der Waals surface area contributed by atoms with E-state index in [4.69, 9.17) is 0 Å². The Kier molecular flexibility index (Phi) is 5.05. The minimum atomic E-state index is -0.638. The number of anilines is 4. The number of rotatable bonds is 6. The van der Waals surface area contributed by atoms with Gasteiger partial charge in [0.05, 0.1) is 12.3 Å². The van der Waals surface area contributed by atoms with E-state index in [2.05, 4.69) is 15.4 Å². The molecule has 1 saturated heterocycles. The molecule has 1 aliphatic heterocycles. The molecule has 33 heavy (non-hydrogen) atoms. The number of aliphatic hydroxyl groups excluding tert-OH is 1. The predicted octanol–water partition coefficient (Wildman–Crippen LogP) is 1.55. The van der Waals surface area contributed by atoms with Crippen LogP contribution in [0.3, 0.4) is 0 Å². The summed E-state index contributed by atoms with van der Waals surface area (Å²) in [4.78, 5) is 32.3. The van der Waals surface area contributed by atoms with Crippen LogP contribution in [0.5, 0.6) is 0 Å². The number of benzene rings is 1. The first-order chi connectivity index (χ1) is 15.8.